The molecule has 0 aliphatic heterocycles. The molecule has 2 N–H and O–H groups in total. The summed E-state index contributed by atoms with van der Waals surface area (Å²) in [6, 6.07) is 0. The van der Waals surface area contributed by atoms with Gasteiger partial charge in [0.05, 0.1) is 12.2 Å². The zero-order chi connectivity index (χ0) is 16.4. The first kappa shape index (κ1) is 16.1. The predicted molar refractivity (Wildman–Crippen MR) is 92.9 cm³/mol. The fraction of sp³-hybridized carbons (Fsp3) is 0.905. The molecule has 4 aliphatic rings. The molecule has 2 heteroatoms. The first-order chi connectivity index (χ1) is 10.9. The lowest BCUT2D eigenvalue weighted by atomic mass is 9.47. The molecule has 8 atom stereocenters. The first-order valence-electron chi connectivity index (χ1n) is 9.92. The fourth-order valence-electron chi connectivity index (χ4n) is 7.47. The van der Waals surface area contributed by atoms with Gasteiger partial charge in [0.15, 0.2) is 0 Å². The van der Waals surface area contributed by atoms with Crippen LogP contribution in [-0.4, -0.2) is 22.4 Å². The van der Waals surface area contributed by atoms with Gasteiger partial charge in [-0.25, -0.2) is 0 Å². The van der Waals surface area contributed by atoms with E-state index in [2.05, 4.69) is 19.9 Å². The van der Waals surface area contributed by atoms with Crippen molar-refractivity contribution < 1.29 is 10.2 Å². The van der Waals surface area contributed by atoms with E-state index in [1.165, 1.54) is 38.5 Å². The highest BCUT2D eigenvalue weighted by Gasteiger charge is 2.59. The number of fused-ring (bicyclic) bond motifs is 5. The summed E-state index contributed by atoms with van der Waals surface area (Å²) in [6.45, 7) is 6.98. The van der Waals surface area contributed by atoms with E-state index >= 15 is 0 Å². The van der Waals surface area contributed by atoms with Crippen molar-refractivity contribution in [3.63, 3.8) is 0 Å². The zero-order valence-corrected chi connectivity index (χ0v) is 15.1. The number of allylic oxidation sites excluding steroid dienone is 1. The minimum Gasteiger partial charge on any atom is -0.393 e. The first-order valence-corrected chi connectivity index (χ1v) is 9.92. The third kappa shape index (κ3) is 2.20. The summed E-state index contributed by atoms with van der Waals surface area (Å²) in [4.78, 5) is 0. The lowest BCUT2D eigenvalue weighted by Crippen LogP contribution is -2.51. The number of hydrogen-bond donors (Lipinski definition) is 2. The van der Waals surface area contributed by atoms with E-state index in [0.717, 1.165) is 30.6 Å². The van der Waals surface area contributed by atoms with E-state index in [-0.39, 0.29) is 12.2 Å². The van der Waals surface area contributed by atoms with Crippen LogP contribution in [0.15, 0.2) is 11.6 Å². The van der Waals surface area contributed by atoms with Gasteiger partial charge >= 0.3 is 0 Å². The Morgan fingerprint density at radius 3 is 2.61 bits per heavy atom. The van der Waals surface area contributed by atoms with Crippen LogP contribution in [0.1, 0.15) is 72.1 Å². The largest absolute Gasteiger partial charge is 0.393 e. The lowest BCUT2D eigenvalue weighted by molar-refractivity contribution is -0.0675. The molecule has 0 amide bonds. The Balaban J connectivity index is 1.65. The highest BCUT2D eigenvalue weighted by Crippen LogP contribution is 2.66. The molecule has 0 aromatic carbocycles. The summed E-state index contributed by atoms with van der Waals surface area (Å²) in [6.07, 6.45) is 11.7. The Morgan fingerprint density at radius 1 is 1.09 bits per heavy atom. The molecule has 3 saturated carbocycles. The van der Waals surface area contributed by atoms with E-state index in [9.17, 15) is 10.2 Å². The van der Waals surface area contributed by atoms with Crippen LogP contribution in [0.4, 0.5) is 0 Å². The highest BCUT2D eigenvalue weighted by atomic mass is 16.3. The minimum absolute atomic E-state index is 0.106. The Labute approximate surface area is 141 Å². The van der Waals surface area contributed by atoms with Crippen LogP contribution >= 0.6 is 0 Å². The second kappa shape index (κ2) is 5.33. The van der Waals surface area contributed by atoms with Crippen molar-refractivity contribution in [1.82, 2.24) is 0 Å². The summed E-state index contributed by atoms with van der Waals surface area (Å²) in [5.41, 5.74) is 2.25. The minimum atomic E-state index is -0.156. The van der Waals surface area contributed by atoms with Crippen LogP contribution in [0.5, 0.6) is 0 Å². The van der Waals surface area contributed by atoms with Crippen LogP contribution < -0.4 is 0 Å². The zero-order valence-electron chi connectivity index (χ0n) is 15.1. The molecular weight excluding hydrogens is 284 g/mol. The van der Waals surface area contributed by atoms with Gasteiger partial charge in [0.2, 0.25) is 0 Å². The standard InChI is InChI=1S/C21H34O2/c1-13(22)17-6-7-18-16-5-4-14-12-15(23)8-10-20(14,2)19(16)9-11-21(17,18)3/h4,13,15-19,22-23H,5-12H2,1-3H3/t13-,15-,16?,17?,18?,19?,20-,21+/m0/s1. The number of aliphatic hydroxyl groups excluding tert-OH is 2. The Kier molecular flexibility index (Phi) is 3.74. The quantitative estimate of drug-likeness (QED) is 0.707. The number of aliphatic hydroxyl groups is 2. The third-order valence-corrected chi connectivity index (χ3v) is 8.73. The molecule has 0 bridgehead atoms. The number of rotatable bonds is 1. The van der Waals surface area contributed by atoms with Gasteiger partial charge in [-0.2, -0.15) is 0 Å². The lowest BCUT2D eigenvalue weighted by Gasteiger charge is -2.58. The SMILES string of the molecule is C[C@H](O)C1CCC2C3CC=C4C[C@@H](O)CC[C@]4(C)C3CC[C@@]21C. The Morgan fingerprint density at radius 2 is 1.87 bits per heavy atom. The van der Waals surface area contributed by atoms with Gasteiger partial charge in [-0.3, -0.25) is 0 Å². The van der Waals surface area contributed by atoms with Gasteiger partial charge < -0.3 is 10.2 Å². The molecule has 23 heavy (non-hydrogen) atoms. The molecule has 0 aromatic rings. The maximum atomic E-state index is 10.3. The average Bonchev–Trinajstić information content (AvgIpc) is 2.85. The van der Waals surface area contributed by atoms with E-state index in [1.54, 1.807) is 5.57 Å². The third-order valence-electron chi connectivity index (χ3n) is 8.73. The predicted octanol–water partition coefficient (Wildman–Crippen LogP) is 4.31. The van der Waals surface area contributed by atoms with Crippen molar-refractivity contribution in [2.24, 2.45) is 34.5 Å². The molecule has 0 radical (unpaired) electrons. The van der Waals surface area contributed by atoms with Crippen LogP contribution in [0.25, 0.3) is 0 Å². The normalized spacial score (nSPS) is 53.8. The van der Waals surface area contributed by atoms with Crippen molar-refractivity contribution in [3.8, 4) is 0 Å². The van der Waals surface area contributed by atoms with Crippen LogP contribution in [-0.2, 0) is 0 Å². The molecule has 0 aromatic heterocycles. The molecule has 130 valence electrons. The van der Waals surface area contributed by atoms with Gasteiger partial charge in [0.1, 0.15) is 0 Å². The van der Waals surface area contributed by atoms with Crippen molar-refractivity contribution in [1.29, 1.82) is 0 Å². The smallest absolute Gasteiger partial charge is 0.0577 e. The summed E-state index contributed by atoms with van der Waals surface area (Å²) in [5, 5.41) is 20.4. The highest BCUT2D eigenvalue weighted by molar-refractivity contribution is 5.25. The molecule has 0 heterocycles. The molecule has 0 spiro atoms. The molecule has 4 aliphatic carbocycles. The number of hydrogen-bond acceptors (Lipinski definition) is 2. The molecule has 2 nitrogen and oxygen atoms in total. The molecule has 4 unspecified atom stereocenters. The fourth-order valence-corrected chi connectivity index (χ4v) is 7.47. The maximum Gasteiger partial charge on any atom is 0.0577 e. The van der Waals surface area contributed by atoms with Crippen molar-refractivity contribution in [2.45, 2.75) is 84.3 Å². The van der Waals surface area contributed by atoms with Gasteiger partial charge in [0, 0.05) is 0 Å². The Bertz CT molecular complexity index is 510. The molecule has 4 rings (SSSR count). The average molecular weight is 319 g/mol. The van der Waals surface area contributed by atoms with Crippen LogP contribution in [0, 0.1) is 34.5 Å². The second-order valence-electron chi connectivity index (χ2n) is 9.62. The van der Waals surface area contributed by atoms with Crippen molar-refractivity contribution in [2.75, 3.05) is 0 Å². The van der Waals surface area contributed by atoms with Crippen molar-refractivity contribution >= 4 is 0 Å². The van der Waals surface area contributed by atoms with Crippen molar-refractivity contribution in [3.05, 3.63) is 11.6 Å². The van der Waals surface area contributed by atoms with Gasteiger partial charge in [-0.15, -0.1) is 0 Å². The van der Waals surface area contributed by atoms with Gasteiger partial charge in [-0.05, 0) is 92.8 Å². The van der Waals surface area contributed by atoms with E-state index in [4.69, 9.17) is 0 Å². The van der Waals surface area contributed by atoms with Gasteiger partial charge in [-0.1, -0.05) is 25.5 Å². The van der Waals surface area contributed by atoms with Crippen LogP contribution in [0.2, 0.25) is 0 Å². The maximum absolute atomic E-state index is 10.3. The Hall–Kier alpha value is -0.340. The monoisotopic (exact) mass is 318 g/mol. The summed E-state index contributed by atoms with van der Waals surface area (Å²) in [5.74, 6) is 2.91. The topological polar surface area (TPSA) is 40.5 Å². The summed E-state index contributed by atoms with van der Waals surface area (Å²) >= 11 is 0. The summed E-state index contributed by atoms with van der Waals surface area (Å²) in [7, 11) is 0. The van der Waals surface area contributed by atoms with E-state index < -0.39 is 0 Å². The molecule has 3 fully saturated rings. The summed E-state index contributed by atoms with van der Waals surface area (Å²) < 4.78 is 0. The van der Waals surface area contributed by atoms with E-state index in [0.29, 0.717) is 16.7 Å². The second-order valence-corrected chi connectivity index (χ2v) is 9.62. The molecular formula is C21H34O2. The van der Waals surface area contributed by atoms with E-state index in [1.807, 2.05) is 6.92 Å². The molecule has 0 saturated heterocycles. The van der Waals surface area contributed by atoms with Gasteiger partial charge in [0.25, 0.3) is 0 Å². The van der Waals surface area contributed by atoms with Crippen LogP contribution in [0.3, 0.4) is 0 Å².